The minimum Gasteiger partial charge on any atom is -0.506 e. The largest absolute Gasteiger partial charge is 0.506 e. The van der Waals surface area contributed by atoms with Crippen molar-refractivity contribution in [2.75, 3.05) is 12.9 Å². The Labute approximate surface area is 229 Å². The number of hydrazone groups is 1. The summed E-state index contributed by atoms with van der Waals surface area (Å²) in [5, 5.41) is 23.4. The number of hydrogen-bond acceptors (Lipinski definition) is 7. The number of nitrogens with zero attached hydrogens (tertiary/aromatic N) is 4. The Kier molecular flexibility index (Phi) is 8.44. The second-order valence-electron chi connectivity index (χ2n) is 7.61. The predicted octanol–water partition coefficient (Wildman–Crippen LogP) is 5.72. The molecule has 3 aromatic carbocycles. The number of aryl methyl sites for hydroxylation is 1. The molecule has 0 unspecified atom stereocenters. The summed E-state index contributed by atoms with van der Waals surface area (Å²) in [7, 11) is 1.62. The predicted molar refractivity (Wildman–Crippen MR) is 148 cm³/mol. The molecule has 0 bridgehead atoms. The van der Waals surface area contributed by atoms with Crippen LogP contribution in [-0.4, -0.2) is 44.9 Å². The summed E-state index contributed by atoms with van der Waals surface area (Å²) in [5.74, 6) is 1.16. The van der Waals surface area contributed by atoms with Crippen molar-refractivity contribution in [1.82, 2.24) is 20.2 Å². The Balaban J connectivity index is 1.52. The molecule has 0 spiro atoms. The van der Waals surface area contributed by atoms with Crippen LogP contribution in [0.1, 0.15) is 11.1 Å². The summed E-state index contributed by atoms with van der Waals surface area (Å²) in [5.41, 5.74) is 5.82. The van der Waals surface area contributed by atoms with E-state index < -0.39 is 0 Å². The third kappa shape index (κ3) is 6.15. The number of rotatable bonds is 8. The highest BCUT2D eigenvalue weighted by molar-refractivity contribution is 9.11. The molecule has 8 nitrogen and oxygen atoms in total. The van der Waals surface area contributed by atoms with Gasteiger partial charge in [-0.25, -0.2) is 5.43 Å². The fourth-order valence-corrected chi connectivity index (χ4v) is 5.24. The highest BCUT2D eigenvalue weighted by atomic mass is 79.9. The number of phenols is 1. The van der Waals surface area contributed by atoms with Gasteiger partial charge in [0.25, 0.3) is 5.91 Å². The van der Waals surface area contributed by atoms with Crippen LogP contribution in [-0.2, 0) is 4.79 Å². The Morgan fingerprint density at radius 1 is 1.14 bits per heavy atom. The van der Waals surface area contributed by atoms with E-state index in [-0.39, 0.29) is 17.4 Å². The molecule has 4 rings (SSSR count). The number of aromatic hydroxyl groups is 1. The first kappa shape index (κ1) is 25.9. The Bertz CT molecular complexity index is 1410. The SMILES string of the molecule is COc1ccc(-n2c(SCC(=O)N/N=C\c3cc(Br)cc(Br)c3O)nnc2-c2ccc(C)cc2)cc1. The molecule has 36 heavy (non-hydrogen) atoms. The lowest BCUT2D eigenvalue weighted by atomic mass is 10.1. The van der Waals surface area contributed by atoms with Gasteiger partial charge >= 0.3 is 0 Å². The van der Waals surface area contributed by atoms with Crippen molar-refractivity contribution in [1.29, 1.82) is 0 Å². The number of aromatic nitrogens is 3. The van der Waals surface area contributed by atoms with Crippen molar-refractivity contribution < 1.29 is 14.6 Å². The number of halogens is 2. The molecule has 0 saturated heterocycles. The van der Waals surface area contributed by atoms with E-state index in [0.29, 0.717) is 21.0 Å². The highest BCUT2D eigenvalue weighted by Crippen LogP contribution is 2.31. The van der Waals surface area contributed by atoms with Gasteiger partial charge in [-0.2, -0.15) is 5.10 Å². The summed E-state index contributed by atoms with van der Waals surface area (Å²) in [4.78, 5) is 12.5. The standard InChI is InChI=1S/C25H21Br2N5O3S/c1-15-3-5-16(6-4-15)24-30-31-25(32(24)19-7-9-20(35-2)10-8-19)36-14-22(33)29-28-13-17-11-18(26)12-21(27)23(17)34/h3-13,34H,14H2,1-2H3,(H,29,33)/b28-13-. The van der Waals surface area contributed by atoms with Gasteiger partial charge < -0.3 is 9.84 Å². The molecule has 0 aliphatic carbocycles. The van der Waals surface area contributed by atoms with E-state index >= 15 is 0 Å². The number of nitrogens with one attached hydrogen (secondary N) is 1. The minimum atomic E-state index is -0.328. The quantitative estimate of drug-likeness (QED) is 0.147. The van der Waals surface area contributed by atoms with Crippen molar-refractivity contribution >= 4 is 55.7 Å². The lowest BCUT2D eigenvalue weighted by Crippen LogP contribution is -2.20. The lowest BCUT2D eigenvalue weighted by Gasteiger charge is -2.11. The molecular formula is C25H21Br2N5O3S. The molecule has 0 aliphatic heterocycles. The van der Waals surface area contributed by atoms with Crippen molar-refractivity contribution in [3.05, 3.63) is 80.7 Å². The smallest absolute Gasteiger partial charge is 0.250 e. The van der Waals surface area contributed by atoms with Gasteiger partial charge in [-0.15, -0.1) is 10.2 Å². The van der Waals surface area contributed by atoms with Crippen LogP contribution in [0.25, 0.3) is 17.1 Å². The molecule has 184 valence electrons. The molecule has 0 aliphatic rings. The second-order valence-corrected chi connectivity index (χ2v) is 10.3. The van der Waals surface area contributed by atoms with Crippen LogP contribution in [0.3, 0.4) is 0 Å². The van der Waals surface area contributed by atoms with Crippen LogP contribution in [0.15, 0.2) is 79.9 Å². The van der Waals surface area contributed by atoms with Gasteiger partial charge in [-0.1, -0.05) is 57.5 Å². The molecule has 11 heteroatoms. The maximum atomic E-state index is 12.5. The first-order valence-corrected chi connectivity index (χ1v) is 13.2. The van der Waals surface area contributed by atoms with Crippen molar-refractivity contribution in [3.8, 4) is 28.6 Å². The third-order valence-corrected chi connectivity index (χ3v) is 7.05. The number of methoxy groups -OCH3 is 1. The van der Waals surface area contributed by atoms with Crippen molar-refractivity contribution in [2.45, 2.75) is 12.1 Å². The number of hydrogen-bond donors (Lipinski definition) is 2. The zero-order chi connectivity index (χ0) is 25.7. The van der Waals surface area contributed by atoms with Crippen LogP contribution in [0.5, 0.6) is 11.5 Å². The first-order valence-electron chi connectivity index (χ1n) is 10.7. The molecular weight excluding hydrogens is 610 g/mol. The monoisotopic (exact) mass is 629 g/mol. The molecule has 4 aromatic rings. The Morgan fingerprint density at radius 3 is 2.56 bits per heavy atom. The maximum Gasteiger partial charge on any atom is 0.250 e. The van der Waals surface area contributed by atoms with E-state index in [4.69, 9.17) is 4.74 Å². The first-order chi connectivity index (χ1) is 17.4. The molecule has 1 aromatic heterocycles. The molecule has 0 atom stereocenters. The summed E-state index contributed by atoms with van der Waals surface area (Å²) in [6.07, 6.45) is 1.38. The average molecular weight is 631 g/mol. The average Bonchev–Trinajstić information content (AvgIpc) is 3.30. The molecule has 2 N–H and O–H groups in total. The number of benzene rings is 3. The fraction of sp³-hybridized carbons (Fsp3) is 0.120. The van der Waals surface area contributed by atoms with Crippen LogP contribution in [0.4, 0.5) is 0 Å². The van der Waals surface area contributed by atoms with Gasteiger partial charge in [0.2, 0.25) is 0 Å². The van der Waals surface area contributed by atoms with Gasteiger partial charge in [-0.3, -0.25) is 9.36 Å². The van der Waals surface area contributed by atoms with Gasteiger partial charge in [0.15, 0.2) is 11.0 Å². The summed E-state index contributed by atoms with van der Waals surface area (Å²) in [6.45, 7) is 2.02. The van der Waals surface area contributed by atoms with E-state index in [1.54, 1.807) is 19.2 Å². The number of amides is 1. The normalized spacial score (nSPS) is 11.1. The van der Waals surface area contributed by atoms with E-state index in [0.717, 1.165) is 27.0 Å². The molecule has 0 radical (unpaired) electrons. The molecule has 1 amide bonds. The van der Waals surface area contributed by atoms with Gasteiger partial charge in [0, 0.05) is 21.3 Å². The summed E-state index contributed by atoms with van der Waals surface area (Å²) < 4.78 is 8.46. The third-order valence-electron chi connectivity index (χ3n) is 5.06. The summed E-state index contributed by atoms with van der Waals surface area (Å²) in [6, 6.07) is 19.0. The van der Waals surface area contributed by atoms with Crippen LogP contribution >= 0.6 is 43.6 Å². The molecule has 0 fully saturated rings. The van der Waals surface area contributed by atoms with Crippen LogP contribution < -0.4 is 10.2 Å². The molecule has 1 heterocycles. The topological polar surface area (TPSA) is 102 Å². The van der Waals surface area contributed by atoms with Crippen molar-refractivity contribution in [2.24, 2.45) is 5.10 Å². The number of carbonyl (C=O) groups is 1. The van der Waals surface area contributed by atoms with E-state index in [1.165, 1.54) is 18.0 Å². The zero-order valence-corrected chi connectivity index (χ0v) is 23.3. The molecule has 0 saturated carbocycles. The van der Waals surface area contributed by atoms with Gasteiger partial charge in [0.1, 0.15) is 11.5 Å². The Hall–Kier alpha value is -3.15. The zero-order valence-electron chi connectivity index (χ0n) is 19.3. The number of phenolic OH excluding ortho intramolecular Hbond substituents is 1. The Morgan fingerprint density at radius 2 is 1.86 bits per heavy atom. The van der Waals surface area contributed by atoms with Crippen LogP contribution in [0, 0.1) is 6.92 Å². The fourth-order valence-electron chi connectivity index (χ4n) is 3.24. The van der Waals surface area contributed by atoms with Gasteiger partial charge in [0.05, 0.1) is 23.5 Å². The number of thioether (sulfide) groups is 1. The number of carbonyl (C=O) groups excluding carboxylic acids is 1. The second kappa shape index (κ2) is 11.7. The maximum absolute atomic E-state index is 12.5. The lowest BCUT2D eigenvalue weighted by molar-refractivity contribution is -0.118. The van der Waals surface area contributed by atoms with E-state index in [9.17, 15) is 9.90 Å². The number of ether oxygens (including phenoxy) is 1. The minimum absolute atomic E-state index is 0.0294. The van der Waals surface area contributed by atoms with E-state index in [2.05, 4.69) is 52.6 Å². The summed E-state index contributed by atoms with van der Waals surface area (Å²) >= 11 is 7.87. The van der Waals surface area contributed by atoms with E-state index in [1.807, 2.05) is 60.0 Å². The highest BCUT2D eigenvalue weighted by Gasteiger charge is 2.17. The van der Waals surface area contributed by atoms with Crippen molar-refractivity contribution in [3.63, 3.8) is 0 Å². The van der Waals surface area contributed by atoms with Crippen LogP contribution in [0.2, 0.25) is 0 Å². The van der Waals surface area contributed by atoms with Gasteiger partial charge in [-0.05, 0) is 59.3 Å².